The summed E-state index contributed by atoms with van der Waals surface area (Å²) in [7, 11) is 0. The van der Waals surface area contributed by atoms with E-state index in [4.69, 9.17) is 4.74 Å². The molecule has 0 aromatic heterocycles. The van der Waals surface area contributed by atoms with Gasteiger partial charge in [-0.3, -0.25) is 0 Å². The lowest BCUT2D eigenvalue weighted by atomic mass is 9.79. The molecule has 2 heteroatoms. The van der Waals surface area contributed by atoms with Crippen LogP contribution in [0.2, 0.25) is 0 Å². The Balaban J connectivity index is 1.44. The molecule has 2 bridgehead atoms. The molecule has 4 fully saturated rings. The highest BCUT2D eigenvalue weighted by Gasteiger charge is 2.53. The SMILES string of the molecule is C1CC2C3CC(NC4CCOC4)C(C3)C2C1. The molecule has 4 rings (SSSR count). The van der Waals surface area contributed by atoms with Gasteiger partial charge in [0.15, 0.2) is 0 Å². The Morgan fingerprint density at radius 1 is 0.938 bits per heavy atom. The highest BCUT2D eigenvalue weighted by atomic mass is 16.5. The molecule has 90 valence electrons. The topological polar surface area (TPSA) is 21.3 Å². The molecule has 1 N–H and O–H groups in total. The molecule has 1 heterocycles. The van der Waals surface area contributed by atoms with Crippen molar-refractivity contribution in [1.29, 1.82) is 0 Å². The lowest BCUT2D eigenvalue weighted by Crippen LogP contribution is -2.44. The van der Waals surface area contributed by atoms with E-state index in [9.17, 15) is 0 Å². The minimum absolute atomic E-state index is 0.671. The van der Waals surface area contributed by atoms with Crippen molar-refractivity contribution in [2.75, 3.05) is 13.2 Å². The largest absolute Gasteiger partial charge is 0.380 e. The van der Waals surface area contributed by atoms with Crippen LogP contribution >= 0.6 is 0 Å². The van der Waals surface area contributed by atoms with Gasteiger partial charge in [-0.1, -0.05) is 6.42 Å². The third kappa shape index (κ3) is 1.39. The molecule has 3 aliphatic carbocycles. The first-order valence-corrected chi connectivity index (χ1v) is 7.25. The third-order valence-electron chi connectivity index (χ3n) is 5.81. The Labute approximate surface area is 98.1 Å². The van der Waals surface area contributed by atoms with Crippen molar-refractivity contribution in [2.45, 2.75) is 50.6 Å². The van der Waals surface area contributed by atoms with Crippen molar-refractivity contribution < 1.29 is 4.74 Å². The van der Waals surface area contributed by atoms with Crippen LogP contribution in [-0.2, 0) is 4.74 Å². The average Bonchev–Trinajstić information content (AvgIpc) is 2.99. The number of fused-ring (bicyclic) bond motifs is 5. The van der Waals surface area contributed by atoms with Gasteiger partial charge in [0, 0.05) is 18.7 Å². The Morgan fingerprint density at radius 3 is 2.75 bits per heavy atom. The molecule has 1 aliphatic heterocycles. The zero-order chi connectivity index (χ0) is 10.5. The first-order chi connectivity index (χ1) is 7.92. The van der Waals surface area contributed by atoms with Gasteiger partial charge in [0.05, 0.1) is 6.61 Å². The Hall–Kier alpha value is -0.0800. The number of hydrogen-bond donors (Lipinski definition) is 1. The monoisotopic (exact) mass is 221 g/mol. The van der Waals surface area contributed by atoms with E-state index < -0.39 is 0 Å². The van der Waals surface area contributed by atoms with Crippen LogP contribution < -0.4 is 5.32 Å². The highest BCUT2D eigenvalue weighted by molar-refractivity contribution is 5.06. The van der Waals surface area contributed by atoms with Gasteiger partial charge in [-0.25, -0.2) is 0 Å². The second-order valence-corrected chi connectivity index (χ2v) is 6.49. The molecule has 0 aromatic carbocycles. The molecule has 0 aromatic rings. The van der Waals surface area contributed by atoms with Crippen molar-refractivity contribution in [3.63, 3.8) is 0 Å². The minimum atomic E-state index is 0.671. The van der Waals surface area contributed by atoms with Gasteiger partial charge >= 0.3 is 0 Å². The summed E-state index contributed by atoms with van der Waals surface area (Å²) < 4.78 is 5.47. The van der Waals surface area contributed by atoms with E-state index in [1.54, 1.807) is 12.8 Å². The number of ether oxygens (including phenoxy) is 1. The summed E-state index contributed by atoms with van der Waals surface area (Å²) in [5.41, 5.74) is 0. The maximum atomic E-state index is 5.47. The number of rotatable bonds is 2. The predicted molar refractivity (Wildman–Crippen MR) is 63.2 cm³/mol. The van der Waals surface area contributed by atoms with Crippen LogP contribution in [0.5, 0.6) is 0 Å². The molecule has 1 saturated heterocycles. The fourth-order valence-electron chi connectivity index (χ4n) is 5.23. The first kappa shape index (κ1) is 9.90. The molecular weight excluding hydrogens is 198 g/mol. The third-order valence-corrected chi connectivity index (χ3v) is 5.81. The second kappa shape index (κ2) is 3.71. The summed E-state index contributed by atoms with van der Waals surface area (Å²) in [5, 5.41) is 3.90. The van der Waals surface area contributed by atoms with Gasteiger partial charge in [-0.05, 0) is 55.8 Å². The van der Waals surface area contributed by atoms with Crippen molar-refractivity contribution in [1.82, 2.24) is 5.32 Å². The molecule has 16 heavy (non-hydrogen) atoms. The second-order valence-electron chi connectivity index (χ2n) is 6.49. The minimum Gasteiger partial charge on any atom is -0.380 e. The molecule has 4 aliphatic rings. The van der Waals surface area contributed by atoms with Crippen LogP contribution in [0.25, 0.3) is 0 Å². The predicted octanol–water partition coefficient (Wildman–Crippen LogP) is 2.19. The van der Waals surface area contributed by atoms with Crippen molar-refractivity contribution in [3.8, 4) is 0 Å². The number of hydrogen-bond acceptors (Lipinski definition) is 2. The average molecular weight is 221 g/mol. The first-order valence-electron chi connectivity index (χ1n) is 7.25. The molecule has 2 nitrogen and oxygen atoms in total. The molecule has 0 radical (unpaired) electrons. The van der Waals surface area contributed by atoms with Crippen LogP contribution in [0.15, 0.2) is 0 Å². The van der Waals surface area contributed by atoms with Gasteiger partial charge in [0.25, 0.3) is 0 Å². The molecule has 6 unspecified atom stereocenters. The summed E-state index contributed by atoms with van der Waals surface area (Å²) in [4.78, 5) is 0. The Kier molecular flexibility index (Phi) is 2.29. The van der Waals surface area contributed by atoms with Crippen LogP contribution in [0, 0.1) is 23.7 Å². The van der Waals surface area contributed by atoms with Crippen LogP contribution in [0.4, 0.5) is 0 Å². The van der Waals surface area contributed by atoms with E-state index in [1.807, 2.05) is 0 Å². The molecule has 3 saturated carbocycles. The van der Waals surface area contributed by atoms with Gasteiger partial charge in [-0.15, -0.1) is 0 Å². The normalized spacial score (nSPS) is 54.8. The van der Waals surface area contributed by atoms with E-state index in [2.05, 4.69) is 5.32 Å². The van der Waals surface area contributed by atoms with E-state index in [1.165, 1.54) is 25.7 Å². The van der Waals surface area contributed by atoms with E-state index >= 15 is 0 Å². The van der Waals surface area contributed by atoms with E-state index in [-0.39, 0.29) is 0 Å². The Morgan fingerprint density at radius 2 is 1.88 bits per heavy atom. The highest BCUT2D eigenvalue weighted by Crippen LogP contribution is 2.58. The van der Waals surface area contributed by atoms with E-state index in [0.717, 1.165) is 42.9 Å². The van der Waals surface area contributed by atoms with Crippen LogP contribution in [0.3, 0.4) is 0 Å². The summed E-state index contributed by atoms with van der Waals surface area (Å²) in [6, 6.07) is 1.51. The summed E-state index contributed by atoms with van der Waals surface area (Å²) >= 11 is 0. The fourth-order valence-corrected chi connectivity index (χ4v) is 5.23. The lowest BCUT2D eigenvalue weighted by molar-refractivity contribution is 0.170. The Bertz CT molecular complexity index is 274. The summed E-state index contributed by atoms with van der Waals surface area (Å²) in [5.74, 6) is 4.33. The fraction of sp³-hybridized carbons (Fsp3) is 1.00. The zero-order valence-corrected chi connectivity index (χ0v) is 10.0. The summed E-state index contributed by atoms with van der Waals surface area (Å²) in [6.45, 7) is 1.94. The van der Waals surface area contributed by atoms with Crippen LogP contribution in [-0.4, -0.2) is 25.3 Å². The van der Waals surface area contributed by atoms with Gasteiger partial charge in [0.2, 0.25) is 0 Å². The summed E-state index contributed by atoms with van der Waals surface area (Å²) in [6.07, 6.45) is 8.85. The van der Waals surface area contributed by atoms with E-state index in [0.29, 0.717) is 6.04 Å². The molecule has 6 atom stereocenters. The smallest absolute Gasteiger partial charge is 0.0620 e. The maximum absolute atomic E-state index is 5.47. The van der Waals surface area contributed by atoms with Crippen molar-refractivity contribution in [2.24, 2.45) is 23.7 Å². The maximum Gasteiger partial charge on any atom is 0.0620 e. The lowest BCUT2D eigenvalue weighted by Gasteiger charge is -2.33. The van der Waals surface area contributed by atoms with Gasteiger partial charge in [0.1, 0.15) is 0 Å². The quantitative estimate of drug-likeness (QED) is 0.772. The molecule has 0 spiro atoms. The van der Waals surface area contributed by atoms with Crippen LogP contribution in [0.1, 0.15) is 38.5 Å². The van der Waals surface area contributed by atoms with Gasteiger partial charge < -0.3 is 10.1 Å². The molecule has 0 amide bonds. The van der Waals surface area contributed by atoms with Crippen molar-refractivity contribution in [3.05, 3.63) is 0 Å². The standard InChI is InChI=1S/C14H23NO/c1-2-11-9-6-13(12(11)3-1)14(7-9)15-10-4-5-16-8-10/h9-15H,1-8H2. The van der Waals surface area contributed by atoms with Crippen molar-refractivity contribution >= 4 is 0 Å². The number of nitrogens with one attached hydrogen (secondary N) is 1. The molecular formula is C14H23NO. The zero-order valence-electron chi connectivity index (χ0n) is 10.0. The van der Waals surface area contributed by atoms with Gasteiger partial charge in [-0.2, -0.15) is 0 Å².